The third-order valence-electron chi connectivity index (χ3n) is 2.46. The molecule has 0 heterocycles. The molecule has 19 heavy (non-hydrogen) atoms. The fourth-order valence-electron chi connectivity index (χ4n) is 1.53. The Bertz CT molecular complexity index is 652. The summed E-state index contributed by atoms with van der Waals surface area (Å²) < 4.78 is 13.2. The third-order valence-corrected chi connectivity index (χ3v) is 4.25. The number of thioether (sulfide) groups is 1. The summed E-state index contributed by atoms with van der Waals surface area (Å²) in [6.45, 7) is 0. The number of nitriles is 1. The second kappa shape index (κ2) is 6.29. The normalized spacial score (nSPS) is 10.2. The minimum atomic E-state index is -0.355. The van der Waals surface area contributed by atoms with Crippen molar-refractivity contribution in [2.24, 2.45) is 0 Å². The van der Waals surface area contributed by atoms with Gasteiger partial charge in [0.1, 0.15) is 5.82 Å². The number of hydrogen-bond donors (Lipinski definition) is 0. The number of nitrogens with zero attached hydrogens (tertiary/aromatic N) is 1. The van der Waals surface area contributed by atoms with Gasteiger partial charge in [0.05, 0.1) is 16.7 Å². The molecule has 96 valence electrons. The van der Waals surface area contributed by atoms with Gasteiger partial charge in [0, 0.05) is 15.7 Å². The highest BCUT2D eigenvalue weighted by atomic mass is 35.5. The summed E-state index contributed by atoms with van der Waals surface area (Å²) in [6.07, 6.45) is 0. The molecule has 0 bridgehead atoms. The lowest BCUT2D eigenvalue weighted by atomic mass is 10.1. The molecule has 0 unspecified atom stereocenters. The smallest absolute Gasteiger partial charge is 0.123 e. The van der Waals surface area contributed by atoms with E-state index in [9.17, 15) is 4.39 Å². The van der Waals surface area contributed by atoms with Crippen LogP contribution in [0.1, 0.15) is 11.1 Å². The van der Waals surface area contributed by atoms with Gasteiger partial charge >= 0.3 is 0 Å². The van der Waals surface area contributed by atoms with Crippen LogP contribution in [0.2, 0.25) is 10.0 Å². The van der Waals surface area contributed by atoms with E-state index >= 15 is 0 Å². The van der Waals surface area contributed by atoms with E-state index in [4.69, 9.17) is 28.5 Å². The largest absolute Gasteiger partial charge is 0.207 e. The van der Waals surface area contributed by atoms with Crippen LogP contribution in [0.15, 0.2) is 41.3 Å². The van der Waals surface area contributed by atoms with E-state index in [1.54, 1.807) is 18.2 Å². The van der Waals surface area contributed by atoms with Crippen molar-refractivity contribution >= 4 is 35.0 Å². The van der Waals surface area contributed by atoms with Crippen LogP contribution in [0.5, 0.6) is 0 Å². The van der Waals surface area contributed by atoms with Gasteiger partial charge in [-0.1, -0.05) is 23.2 Å². The van der Waals surface area contributed by atoms with Crippen LogP contribution < -0.4 is 0 Å². The number of benzene rings is 2. The predicted molar refractivity (Wildman–Crippen MR) is 77.1 cm³/mol. The topological polar surface area (TPSA) is 23.8 Å². The minimum absolute atomic E-state index is 0.355. The molecular formula is C14H8Cl2FNS. The van der Waals surface area contributed by atoms with Crippen molar-refractivity contribution in [1.29, 1.82) is 5.26 Å². The molecule has 2 aromatic rings. The van der Waals surface area contributed by atoms with Gasteiger partial charge < -0.3 is 0 Å². The van der Waals surface area contributed by atoms with Crippen LogP contribution in [0.3, 0.4) is 0 Å². The summed E-state index contributed by atoms with van der Waals surface area (Å²) in [5.41, 5.74) is 1.11. The highest BCUT2D eigenvalue weighted by Gasteiger charge is 2.07. The maximum absolute atomic E-state index is 13.2. The summed E-state index contributed by atoms with van der Waals surface area (Å²) in [5, 5.41) is 10.2. The zero-order valence-corrected chi connectivity index (χ0v) is 12.0. The molecule has 0 spiro atoms. The average Bonchev–Trinajstić information content (AvgIpc) is 2.40. The summed E-state index contributed by atoms with van der Waals surface area (Å²) in [5.74, 6) is 0.104. The Morgan fingerprint density at radius 1 is 1.16 bits per heavy atom. The van der Waals surface area contributed by atoms with Gasteiger partial charge in [-0.25, -0.2) is 4.39 Å². The number of halogens is 3. The molecule has 0 fully saturated rings. The standard InChI is InChI=1S/C14H8Cl2FNS/c15-11-2-4-13(16)14(6-11)19-8-10-5-12(17)3-1-9(10)7-18/h1-6H,8H2. The third kappa shape index (κ3) is 3.63. The van der Waals surface area contributed by atoms with E-state index in [1.165, 1.54) is 30.0 Å². The Kier molecular flexibility index (Phi) is 4.71. The van der Waals surface area contributed by atoms with Crippen molar-refractivity contribution < 1.29 is 4.39 Å². The molecule has 0 saturated heterocycles. The molecule has 5 heteroatoms. The van der Waals surface area contributed by atoms with Gasteiger partial charge in [-0.15, -0.1) is 11.8 Å². The summed E-state index contributed by atoms with van der Waals surface area (Å²) in [4.78, 5) is 0.808. The van der Waals surface area contributed by atoms with Crippen molar-refractivity contribution in [3.05, 3.63) is 63.4 Å². The molecule has 2 rings (SSSR count). The Morgan fingerprint density at radius 2 is 1.95 bits per heavy atom. The van der Waals surface area contributed by atoms with E-state index in [2.05, 4.69) is 0 Å². The molecule has 0 aliphatic heterocycles. The first-order chi connectivity index (χ1) is 9.10. The maximum atomic E-state index is 13.2. The van der Waals surface area contributed by atoms with Crippen LogP contribution in [0.25, 0.3) is 0 Å². The van der Waals surface area contributed by atoms with Gasteiger partial charge in [-0.2, -0.15) is 5.26 Å². The van der Waals surface area contributed by atoms with Crippen molar-refractivity contribution in [3.63, 3.8) is 0 Å². The van der Waals surface area contributed by atoms with E-state index in [1.807, 2.05) is 6.07 Å². The number of hydrogen-bond acceptors (Lipinski definition) is 2. The van der Waals surface area contributed by atoms with Crippen LogP contribution in [-0.2, 0) is 5.75 Å². The Labute approximate surface area is 125 Å². The quantitative estimate of drug-likeness (QED) is 0.718. The Hall–Kier alpha value is -1.21. The van der Waals surface area contributed by atoms with Gasteiger partial charge in [0.15, 0.2) is 0 Å². The molecule has 0 radical (unpaired) electrons. The summed E-state index contributed by atoms with van der Waals surface area (Å²) in [6, 6.07) is 11.3. The highest BCUT2D eigenvalue weighted by molar-refractivity contribution is 7.98. The van der Waals surface area contributed by atoms with Crippen molar-refractivity contribution in [2.45, 2.75) is 10.6 Å². The van der Waals surface area contributed by atoms with Gasteiger partial charge in [0.25, 0.3) is 0 Å². The maximum Gasteiger partial charge on any atom is 0.123 e. The lowest BCUT2D eigenvalue weighted by Gasteiger charge is -2.06. The predicted octanol–water partition coefficient (Wildman–Crippen LogP) is 5.30. The van der Waals surface area contributed by atoms with Crippen LogP contribution in [0, 0.1) is 17.1 Å². The van der Waals surface area contributed by atoms with Gasteiger partial charge in [0.2, 0.25) is 0 Å². The van der Waals surface area contributed by atoms with Crippen molar-refractivity contribution in [2.75, 3.05) is 0 Å². The second-order valence-corrected chi connectivity index (χ2v) is 5.64. The summed E-state index contributed by atoms with van der Waals surface area (Å²) in [7, 11) is 0. The zero-order chi connectivity index (χ0) is 13.8. The second-order valence-electron chi connectivity index (χ2n) is 3.78. The van der Waals surface area contributed by atoms with E-state index in [-0.39, 0.29) is 5.82 Å². The first-order valence-corrected chi connectivity index (χ1v) is 7.10. The molecule has 1 nitrogen and oxygen atoms in total. The first kappa shape index (κ1) is 14.2. The molecule has 2 aromatic carbocycles. The fraction of sp³-hybridized carbons (Fsp3) is 0.0714. The average molecular weight is 312 g/mol. The van der Waals surface area contributed by atoms with E-state index < -0.39 is 0 Å². The minimum Gasteiger partial charge on any atom is -0.207 e. The fourth-order valence-corrected chi connectivity index (χ4v) is 3.02. The van der Waals surface area contributed by atoms with Crippen LogP contribution in [-0.4, -0.2) is 0 Å². The molecule has 0 N–H and O–H groups in total. The Morgan fingerprint density at radius 3 is 2.68 bits per heavy atom. The van der Waals surface area contributed by atoms with Crippen LogP contribution >= 0.6 is 35.0 Å². The zero-order valence-electron chi connectivity index (χ0n) is 9.66. The van der Waals surface area contributed by atoms with Gasteiger partial charge in [-0.05, 0) is 42.0 Å². The molecular weight excluding hydrogens is 304 g/mol. The monoisotopic (exact) mass is 311 g/mol. The van der Waals surface area contributed by atoms with Crippen molar-refractivity contribution in [3.8, 4) is 6.07 Å². The SMILES string of the molecule is N#Cc1ccc(F)cc1CSc1cc(Cl)ccc1Cl. The Balaban J connectivity index is 2.21. The van der Waals surface area contributed by atoms with Crippen molar-refractivity contribution in [1.82, 2.24) is 0 Å². The summed E-state index contributed by atoms with van der Waals surface area (Å²) >= 11 is 13.4. The van der Waals surface area contributed by atoms with E-state index in [0.29, 0.717) is 26.9 Å². The first-order valence-electron chi connectivity index (χ1n) is 5.36. The molecule has 0 aliphatic rings. The molecule has 0 saturated carbocycles. The van der Waals surface area contributed by atoms with Crippen LogP contribution in [0.4, 0.5) is 4.39 Å². The molecule has 0 atom stereocenters. The lowest BCUT2D eigenvalue weighted by Crippen LogP contribution is -1.89. The molecule has 0 amide bonds. The lowest BCUT2D eigenvalue weighted by molar-refractivity contribution is 0.626. The van der Waals surface area contributed by atoms with Gasteiger partial charge in [-0.3, -0.25) is 0 Å². The molecule has 0 aliphatic carbocycles. The molecule has 0 aromatic heterocycles. The van der Waals surface area contributed by atoms with E-state index in [0.717, 1.165) is 4.90 Å². The number of rotatable bonds is 3. The highest BCUT2D eigenvalue weighted by Crippen LogP contribution is 2.32.